The number of alkyl carbamates (subject to hydrolysis) is 1. The number of carbonyl (C=O) groups is 2. The number of amides is 1. The third kappa shape index (κ3) is 7.04. The van der Waals surface area contributed by atoms with Crippen LogP contribution >= 0.6 is 0 Å². The first-order valence-electron chi connectivity index (χ1n) is 7.69. The molecule has 0 aliphatic carbocycles. The summed E-state index contributed by atoms with van der Waals surface area (Å²) < 4.78 is 10.4. The second kappa shape index (κ2) is 7.85. The normalized spacial score (nSPS) is 12.4. The molecule has 0 heterocycles. The maximum atomic E-state index is 12.0. The Bertz CT molecular complexity index is 564. The molecule has 0 saturated heterocycles. The van der Waals surface area contributed by atoms with Gasteiger partial charge in [0.15, 0.2) is 5.75 Å². The predicted molar refractivity (Wildman–Crippen MR) is 89.3 cm³/mol. The molecule has 0 aliphatic heterocycles. The Hall–Kier alpha value is -2.24. The molecule has 0 saturated carbocycles. The summed E-state index contributed by atoms with van der Waals surface area (Å²) in [6.07, 6.45) is 0.279. The number of carbonyl (C=O) groups excluding carboxylic acids is 2. The first-order valence-corrected chi connectivity index (χ1v) is 7.69. The zero-order valence-electron chi connectivity index (χ0n) is 14.4. The van der Waals surface area contributed by atoms with Gasteiger partial charge >= 0.3 is 12.1 Å². The van der Waals surface area contributed by atoms with Crippen LogP contribution in [-0.4, -0.2) is 23.7 Å². The van der Waals surface area contributed by atoms with Gasteiger partial charge in [-0.2, -0.15) is 0 Å². The van der Waals surface area contributed by atoms with Gasteiger partial charge in [-0.25, -0.2) is 4.79 Å². The molecule has 1 aromatic carbocycles. The summed E-state index contributed by atoms with van der Waals surface area (Å²) in [4.78, 5) is 23.6. The van der Waals surface area contributed by atoms with Crippen molar-refractivity contribution < 1.29 is 19.1 Å². The van der Waals surface area contributed by atoms with Gasteiger partial charge in [0.25, 0.3) is 0 Å². The Balaban J connectivity index is 2.55. The van der Waals surface area contributed by atoms with E-state index in [9.17, 15) is 9.59 Å². The minimum absolute atomic E-state index is 0.0229. The number of aryl methyl sites for hydroxylation is 1. The highest BCUT2D eigenvalue weighted by Gasteiger charge is 2.19. The SMILES string of the molecule is CCc1ccc(N)c(OC(=O)CC(C)NC(=O)OC(C)(C)C)c1. The molecule has 6 nitrogen and oxygen atoms in total. The van der Waals surface area contributed by atoms with Crippen molar-refractivity contribution >= 4 is 17.7 Å². The zero-order valence-corrected chi connectivity index (χ0v) is 14.4. The van der Waals surface area contributed by atoms with E-state index in [1.54, 1.807) is 39.8 Å². The molecule has 0 aliphatic rings. The summed E-state index contributed by atoms with van der Waals surface area (Å²) >= 11 is 0. The molecule has 0 aromatic heterocycles. The molecule has 3 N–H and O–H groups in total. The van der Waals surface area contributed by atoms with Crippen LogP contribution in [0.15, 0.2) is 18.2 Å². The molecule has 0 radical (unpaired) electrons. The third-order valence-electron chi connectivity index (χ3n) is 2.95. The Morgan fingerprint density at radius 3 is 2.52 bits per heavy atom. The van der Waals surface area contributed by atoms with Crippen molar-refractivity contribution in [3.05, 3.63) is 23.8 Å². The summed E-state index contributed by atoms with van der Waals surface area (Å²) in [5.74, 6) is -0.118. The van der Waals surface area contributed by atoms with Crippen molar-refractivity contribution in [3.8, 4) is 5.75 Å². The van der Waals surface area contributed by atoms with Crippen LogP contribution in [0.5, 0.6) is 5.75 Å². The summed E-state index contributed by atoms with van der Waals surface area (Å²) in [5.41, 5.74) is 6.66. The van der Waals surface area contributed by atoms with Crippen LogP contribution < -0.4 is 15.8 Å². The lowest BCUT2D eigenvalue weighted by Gasteiger charge is -2.21. The van der Waals surface area contributed by atoms with Crippen LogP contribution in [0.1, 0.15) is 46.6 Å². The zero-order chi connectivity index (χ0) is 17.6. The van der Waals surface area contributed by atoms with E-state index in [-0.39, 0.29) is 6.42 Å². The van der Waals surface area contributed by atoms with Gasteiger partial charge in [0.2, 0.25) is 0 Å². The van der Waals surface area contributed by atoms with Crippen LogP contribution in [0.25, 0.3) is 0 Å². The molecule has 1 amide bonds. The number of benzene rings is 1. The Kier molecular flexibility index (Phi) is 6.42. The maximum absolute atomic E-state index is 12.0. The van der Waals surface area contributed by atoms with E-state index >= 15 is 0 Å². The van der Waals surface area contributed by atoms with Crippen LogP contribution in [0, 0.1) is 0 Å². The van der Waals surface area contributed by atoms with Crippen molar-refractivity contribution in [3.63, 3.8) is 0 Å². The molecule has 1 atom stereocenters. The van der Waals surface area contributed by atoms with Crippen molar-refractivity contribution in [1.29, 1.82) is 0 Å². The van der Waals surface area contributed by atoms with E-state index in [0.717, 1.165) is 12.0 Å². The van der Waals surface area contributed by atoms with E-state index in [0.29, 0.717) is 11.4 Å². The van der Waals surface area contributed by atoms with Gasteiger partial charge in [-0.15, -0.1) is 0 Å². The molecule has 0 bridgehead atoms. The summed E-state index contributed by atoms with van der Waals surface area (Å²) in [7, 11) is 0. The molecule has 0 fully saturated rings. The molecule has 128 valence electrons. The van der Waals surface area contributed by atoms with Gasteiger partial charge < -0.3 is 20.5 Å². The number of anilines is 1. The highest BCUT2D eigenvalue weighted by Crippen LogP contribution is 2.23. The number of nitrogen functional groups attached to an aromatic ring is 1. The van der Waals surface area contributed by atoms with E-state index in [1.165, 1.54) is 0 Å². The predicted octanol–water partition coefficient (Wildman–Crippen LogP) is 3.04. The standard InChI is InChI=1S/C17H26N2O4/c1-6-12-7-8-13(18)14(10-12)22-15(20)9-11(2)19-16(21)23-17(3,4)5/h7-8,10-11H,6,9,18H2,1-5H3,(H,19,21). The van der Waals surface area contributed by atoms with Gasteiger partial charge in [0, 0.05) is 6.04 Å². The average molecular weight is 322 g/mol. The van der Waals surface area contributed by atoms with Crippen molar-refractivity contribution in [2.24, 2.45) is 0 Å². The highest BCUT2D eigenvalue weighted by atomic mass is 16.6. The minimum Gasteiger partial charge on any atom is -0.444 e. The lowest BCUT2D eigenvalue weighted by Crippen LogP contribution is -2.39. The van der Waals surface area contributed by atoms with Gasteiger partial charge in [-0.3, -0.25) is 4.79 Å². The number of esters is 1. The molecular formula is C17H26N2O4. The lowest BCUT2D eigenvalue weighted by molar-refractivity contribution is -0.134. The Morgan fingerprint density at radius 2 is 1.96 bits per heavy atom. The van der Waals surface area contributed by atoms with E-state index in [4.69, 9.17) is 15.2 Å². The molecule has 0 spiro atoms. The van der Waals surface area contributed by atoms with Gasteiger partial charge in [0.05, 0.1) is 12.1 Å². The molecule has 1 rings (SSSR count). The fraction of sp³-hybridized carbons (Fsp3) is 0.529. The van der Waals surface area contributed by atoms with Crippen molar-refractivity contribution in [2.75, 3.05) is 5.73 Å². The second-order valence-corrected chi connectivity index (χ2v) is 6.45. The number of rotatable bonds is 5. The number of nitrogens with two attached hydrogens (primary N) is 1. The minimum atomic E-state index is -0.584. The first-order chi connectivity index (χ1) is 10.6. The van der Waals surface area contributed by atoms with Gasteiger partial charge in [-0.05, 0) is 51.8 Å². The first kappa shape index (κ1) is 18.8. The summed E-state index contributed by atoms with van der Waals surface area (Å²) in [5, 5.41) is 2.60. The monoisotopic (exact) mass is 322 g/mol. The fourth-order valence-electron chi connectivity index (χ4n) is 1.86. The number of hydrogen-bond donors (Lipinski definition) is 2. The Morgan fingerprint density at radius 1 is 1.30 bits per heavy atom. The smallest absolute Gasteiger partial charge is 0.407 e. The molecule has 23 heavy (non-hydrogen) atoms. The quantitative estimate of drug-likeness (QED) is 0.494. The van der Waals surface area contributed by atoms with Crippen LogP contribution in [-0.2, 0) is 16.0 Å². The number of ether oxygens (including phenoxy) is 2. The van der Waals surface area contributed by atoms with Crippen LogP contribution in [0.3, 0.4) is 0 Å². The van der Waals surface area contributed by atoms with E-state index in [1.807, 2.05) is 13.0 Å². The molecule has 6 heteroatoms. The Labute approximate surface area is 137 Å². The maximum Gasteiger partial charge on any atom is 0.407 e. The second-order valence-electron chi connectivity index (χ2n) is 6.45. The average Bonchev–Trinajstić information content (AvgIpc) is 2.38. The van der Waals surface area contributed by atoms with E-state index in [2.05, 4.69) is 5.32 Å². The summed E-state index contributed by atoms with van der Waals surface area (Å²) in [6, 6.07) is 4.94. The topological polar surface area (TPSA) is 90.6 Å². The number of nitrogens with one attached hydrogen (secondary N) is 1. The largest absolute Gasteiger partial charge is 0.444 e. The highest BCUT2D eigenvalue weighted by molar-refractivity contribution is 5.76. The van der Waals surface area contributed by atoms with Gasteiger partial charge in [0.1, 0.15) is 5.60 Å². The summed E-state index contributed by atoms with van der Waals surface area (Å²) in [6.45, 7) is 9.03. The third-order valence-corrected chi connectivity index (χ3v) is 2.95. The molecular weight excluding hydrogens is 296 g/mol. The van der Waals surface area contributed by atoms with Crippen molar-refractivity contribution in [1.82, 2.24) is 5.32 Å². The van der Waals surface area contributed by atoms with Crippen LogP contribution in [0.2, 0.25) is 0 Å². The van der Waals surface area contributed by atoms with E-state index < -0.39 is 23.7 Å². The lowest BCUT2D eigenvalue weighted by atomic mass is 10.1. The fourth-order valence-corrected chi connectivity index (χ4v) is 1.86. The number of hydrogen-bond acceptors (Lipinski definition) is 5. The molecule has 1 unspecified atom stereocenters. The van der Waals surface area contributed by atoms with Crippen molar-refractivity contribution in [2.45, 2.75) is 59.1 Å². The molecule has 1 aromatic rings. The van der Waals surface area contributed by atoms with Gasteiger partial charge in [-0.1, -0.05) is 13.0 Å². The van der Waals surface area contributed by atoms with Crippen LogP contribution in [0.4, 0.5) is 10.5 Å².